The van der Waals surface area contributed by atoms with Gasteiger partial charge in [-0.3, -0.25) is 0 Å². The molecule has 0 aliphatic carbocycles. The third kappa shape index (κ3) is 3.95. The van der Waals surface area contributed by atoms with E-state index in [9.17, 15) is 0 Å². The zero-order chi connectivity index (χ0) is 9.72. The van der Waals surface area contributed by atoms with Crippen molar-refractivity contribution in [2.75, 3.05) is 6.54 Å². The van der Waals surface area contributed by atoms with Gasteiger partial charge in [0.15, 0.2) is 0 Å². The van der Waals surface area contributed by atoms with Gasteiger partial charge < -0.3 is 11.5 Å². The molecule has 0 rings (SSSR count). The van der Waals surface area contributed by atoms with Gasteiger partial charge in [0, 0.05) is 12.6 Å². The van der Waals surface area contributed by atoms with E-state index in [0.717, 1.165) is 22.5 Å². The molecule has 1 atom stereocenters. The van der Waals surface area contributed by atoms with Crippen LogP contribution >= 0.6 is 12.6 Å². The maximum Gasteiger partial charge on any atom is 0.0299 e. The normalized spacial score (nSPS) is 15.4. The van der Waals surface area contributed by atoms with Gasteiger partial charge in [-0.05, 0) is 30.7 Å². The van der Waals surface area contributed by atoms with Crippen molar-refractivity contribution in [2.45, 2.75) is 26.3 Å². The van der Waals surface area contributed by atoms with E-state index in [-0.39, 0.29) is 6.04 Å². The molecule has 0 aromatic rings. The zero-order valence-corrected chi connectivity index (χ0v) is 8.70. The van der Waals surface area contributed by atoms with Crippen LogP contribution in [0.2, 0.25) is 0 Å². The molecule has 0 radical (unpaired) electrons. The second-order valence-corrected chi connectivity index (χ2v) is 3.64. The molecule has 2 nitrogen and oxygen atoms in total. The van der Waals surface area contributed by atoms with Gasteiger partial charge in [0.1, 0.15) is 0 Å². The Labute approximate surface area is 80.1 Å². The lowest BCUT2D eigenvalue weighted by Crippen LogP contribution is -2.23. The Morgan fingerprint density at radius 2 is 2.00 bits per heavy atom. The summed E-state index contributed by atoms with van der Waals surface area (Å²) in [5, 5.41) is 0. The average Bonchev–Trinajstić information content (AvgIpc) is 2.00. The quantitative estimate of drug-likeness (QED) is 0.460. The van der Waals surface area contributed by atoms with E-state index in [1.165, 1.54) is 0 Å². The fraction of sp³-hybridized carbons (Fsp3) is 0.556. The molecule has 0 aromatic carbocycles. The van der Waals surface area contributed by atoms with Crippen molar-refractivity contribution < 1.29 is 0 Å². The zero-order valence-electron chi connectivity index (χ0n) is 7.80. The van der Waals surface area contributed by atoms with Crippen LogP contribution in [0.15, 0.2) is 22.6 Å². The minimum Gasteiger partial charge on any atom is -0.326 e. The highest BCUT2D eigenvalue weighted by molar-refractivity contribution is 7.84. The van der Waals surface area contributed by atoms with Crippen LogP contribution in [0.4, 0.5) is 0 Å². The molecule has 0 aromatic heterocycles. The Balaban J connectivity index is 4.27. The van der Waals surface area contributed by atoms with Gasteiger partial charge in [0.25, 0.3) is 0 Å². The van der Waals surface area contributed by atoms with Crippen LogP contribution in [0.1, 0.15) is 20.3 Å². The van der Waals surface area contributed by atoms with Crippen LogP contribution < -0.4 is 11.5 Å². The van der Waals surface area contributed by atoms with Gasteiger partial charge in [-0.15, -0.1) is 19.2 Å². The summed E-state index contributed by atoms with van der Waals surface area (Å²) in [4.78, 5) is 0.878. The third-order valence-corrected chi connectivity index (χ3v) is 2.31. The van der Waals surface area contributed by atoms with Gasteiger partial charge in [-0.1, -0.05) is 5.57 Å². The molecule has 0 aliphatic heterocycles. The van der Waals surface area contributed by atoms with Crippen molar-refractivity contribution in [1.29, 1.82) is 0 Å². The van der Waals surface area contributed by atoms with Crippen LogP contribution in [-0.4, -0.2) is 12.6 Å². The highest BCUT2D eigenvalue weighted by Crippen LogP contribution is 2.14. The van der Waals surface area contributed by atoms with Crippen molar-refractivity contribution in [1.82, 2.24) is 0 Å². The van der Waals surface area contributed by atoms with Crippen molar-refractivity contribution in [3.8, 4) is 0 Å². The fourth-order valence-corrected chi connectivity index (χ4v) is 1.07. The highest BCUT2D eigenvalue weighted by Gasteiger charge is 2.07. The SMILES string of the molecule is C=C(C)C[C@@H](N)/C(C)=C(/S)CN. The summed E-state index contributed by atoms with van der Waals surface area (Å²) >= 11 is 4.23. The molecule has 0 bridgehead atoms. The molecule has 0 aliphatic rings. The lowest BCUT2D eigenvalue weighted by atomic mass is 10.0. The Kier molecular flexibility index (Phi) is 5.29. The van der Waals surface area contributed by atoms with E-state index < -0.39 is 0 Å². The number of rotatable bonds is 4. The topological polar surface area (TPSA) is 52.0 Å². The first kappa shape index (κ1) is 11.8. The van der Waals surface area contributed by atoms with Gasteiger partial charge in [0.05, 0.1) is 0 Å². The smallest absolute Gasteiger partial charge is 0.0299 e. The Morgan fingerprint density at radius 1 is 1.50 bits per heavy atom. The summed E-state index contributed by atoms with van der Waals surface area (Å²) in [6.07, 6.45) is 0.801. The van der Waals surface area contributed by atoms with Gasteiger partial charge in [-0.25, -0.2) is 0 Å². The van der Waals surface area contributed by atoms with Crippen molar-refractivity contribution in [2.24, 2.45) is 11.5 Å². The predicted molar refractivity (Wildman–Crippen MR) is 58.1 cm³/mol. The Bertz CT molecular complexity index is 197. The molecule has 0 amide bonds. The van der Waals surface area contributed by atoms with E-state index in [2.05, 4.69) is 19.2 Å². The van der Waals surface area contributed by atoms with E-state index >= 15 is 0 Å². The second-order valence-electron chi connectivity index (χ2n) is 3.10. The maximum absolute atomic E-state index is 5.87. The molecule has 4 N–H and O–H groups in total. The maximum atomic E-state index is 5.87. The molecule has 12 heavy (non-hydrogen) atoms. The first-order valence-corrected chi connectivity index (χ1v) is 4.42. The number of hydrogen-bond donors (Lipinski definition) is 3. The van der Waals surface area contributed by atoms with Crippen LogP contribution in [-0.2, 0) is 0 Å². The van der Waals surface area contributed by atoms with Crippen molar-refractivity contribution in [3.63, 3.8) is 0 Å². The average molecular weight is 186 g/mol. The molecular weight excluding hydrogens is 168 g/mol. The monoisotopic (exact) mass is 186 g/mol. The Morgan fingerprint density at radius 3 is 2.33 bits per heavy atom. The molecule has 0 unspecified atom stereocenters. The lowest BCUT2D eigenvalue weighted by Gasteiger charge is -2.14. The van der Waals surface area contributed by atoms with Crippen molar-refractivity contribution >= 4 is 12.6 Å². The molecule has 0 saturated heterocycles. The minimum absolute atomic E-state index is 0.0125. The summed E-state index contributed by atoms with van der Waals surface area (Å²) < 4.78 is 0. The highest BCUT2D eigenvalue weighted by atomic mass is 32.1. The summed E-state index contributed by atoms with van der Waals surface area (Å²) in [5.41, 5.74) is 13.4. The second kappa shape index (κ2) is 5.41. The van der Waals surface area contributed by atoms with Gasteiger partial charge in [-0.2, -0.15) is 0 Å². The number of thiol groups is 1. The minimum atomic E-state index is 0.0125. The third-order valence-electron chi connectivity index (χ3n) is 1.77. The van der Waals surface area contributed by atoms with Crippen molar-refractivity contribution in [3.05, 3.63) is 22.6 Å². The van der Waals surface area contributed by atoms with Crippen LogP contribution in [0.5, 0.6) is 0 Å². The number of hydrogen-bond acceptors (Lipinski definition) is 3. The molecule has 3 heteroatoms. The molecule has 0 saturated carbocycles. The molecule has 0 spiro atoms. The molecule has 0 fully saturated rings. The van der Waals surface area contributed by atoms with Crippen LogP contribution in [0.3, 0.4) is 0 Å². The van der Waals surface area contributed by atoms with E-state index in [0.29, 0.717) is 6.54 Å². The standard InChI is InChI=1S/C9H18N2S/c1-6(2)4-8(11)7(3)9(12)5-10/h8,12H,1,4-5,10-11H2,2-3H3/b9-7+/t8-/m1/s1. The largest absolute Gasteiger partial charge is 0.326 e. The summed E-state index contributed by atoms with van der Waals surface area (Å²) in [5.74, 6) is 0. The summed E-state index contributed by atoms with van der Waals surface area (Å²) in [6, 6.07) is 0.0125. The fourth-order valence-electron chi connectivity index (χ4n) is 0.904. The molecular formula is C9H18N2S. The lowest BCUT2D eigenvalue weighted by molar-refractivity contribution is 0.753. The molecule has 70 valence electrons. The predicted octanol–water partition coefficient (Wildman–Crippen LogP) is 1.44. The Hall–Kier alpha value is -0.250. The summed E-state index contributed by atoms with van der Waals surface area (Å²) in [7, 11) is 0. The van der Waals surface area contributed by atoms with E-state index in [4.69, 9.17) is 11.5 Å². The van der Waals surface area contributed by atoms with Gasteiger partial charge >= 0.3 is 0 Å². The first-order chi connectivity index (χ1) is 5.49. The molecule has 0 heterocycles. The van der Waals surface area contributed by atoms with Gasteiger partial charge in [0.2, 0.25) is 0 Å². The van der Waals surface area contributed by atoms with Crippen LogP contribution in [0, 0.1) is 0 Å². The summed E-state index contributed by atoms with van der Waals surface area (Å²) in [6.45, 7) is 8.19. The van der Waals surface area contributed by atoms with E-state index in [1.54, 1.807) is 0 Å². The van der Waals surface area contributed by atoms with Crippen LogP contribution in [0.25, 0.3) is 0 Å². The van der Waals surface area contributed by atoms with E-state index in [1.807, 2.05) is 13.8 Å². The number of nitrogens with two attached hydrogens (primary N) is 2. The first-order valence-electron chi connectivity index (χ1n) is 3.97.